The van der Waals surface area contributed by atoms with Crippen molar-refractivity contribution < 1.29 is 4.79 Å². The minimum absolute atomic E-state index is 0.0712. The lowest BCUT2D eigenvalue weighted by atomic mass is 10.0. The van der Waals surface area contributed by atoms with Crippen LogP contribution in [0.4, 0.5) is 5.82 Å². The van der Waals surface area contributed by atoms with Crippen LogP contribution in [0.15, 0.2) is 71.8 Å². The summed E-state index contributed by atoms with van der Waals surface area (Å²) in [6.45, 7) is 5.69. The van der Waals surface area contributed by atoms with E-state index in [1.165, 1.54) is 4.52 Å². The molecule has 0 aliphatic heterocycles. The third-order valence-corrected chi connectivity index (χ3v) is 7.72. The summed E-state index contributed by atoms with van der Waals surface area (Å²) in [6, 6.07) is 16.2. The van der Waals surface area contributed by atoms with E-state index in [1.54, 1.807) is 23.8 Å². The predicted molar refractivity (Wildman–Crippen MR) is 161 cm³/mol. The van der Waals surface area contributed by atoms with Crippen molar-refractivity contribution in [1.82, 2.24) is 39.2 Å². The molecule has 3 N–H and O–H groups in total. The van der Waals surface area contributed by atoms with E-state index in [-0.39, 0.29) is 16.9 Å². The highest BCUT2D eigenvalue weighted by molar-refractivity contribution is 6.04. The number of amides is 1. The number of nitrogens with zero attached hydrogens (tertiary/aromatic N) is 7. The van der Waals surface area contributed by atoms with Gasteiger partial charge in [-0.1, -0.05) is 30.3 Å². The number of aromatic nitrogens is 7. The van der Waals surface area contributed by atoms with Crippen LogP contribution in [0, 0.1) is 13.8 Å². The molecular formula is C31H31N9O2. The van der Waals surface area contributed by atoms with Crippen molar-refractivity contribution in [2.45, 2.75) is 39.7 Å². The number of carbonyl (C=O) groups excluding carboxylic acids is 1. The van der Waals surface area contributed by atoms with E-state index in [2.05, 4.69) is 20.5 Å². The first-order valence-corrected chi connectivity index (χ1v) is 13.7. The maximum atomic E-state index is 14.3. The number of hydrogen-bond donors (Lipinski definition) is 2. The summed E-state index contributed by atoms with van der Waals surface area (Å²) in [7, 11) is 1.92. The minimum atomic E-state index is -0.657. The van der Waals surface area contributed by atoms with Crippen LogP contribution in [-0.2, 0) is 19.9 Å². The summed E-state index contributed by atoms with van der Waals surface area (Å²) in [5.41, 5.74) is 11.6. The van der Waals surface area contributed by atoms with Crippen molar-refractivity contribution in [3.63, 3.8) is 0 Å². The molecule has 1 unspecified atom stereocenters. The third kappa shape index (κ3) is 4.58. The highest BCUT2D eigenvalue weighted by atomic mass is 16.2. The number of nitrogen functional groups attached to an aromatic ring is 1. The molecule has 11 heteroatoms. The summed E-state index contributed by atoms with van der Waals surface area (Å²) in [4.78, 5) is 37.1. The van der Waals surface area contributed by atoms with Gasteiger partial charge in [0.15, 0.2) is 11.5 Å². The number of nitrogens with two attached hydrogens (primary N) is 1. The van der Waals surface area contributed by atoms with Crippen LogP contribution in [0.5, 0.6) is 0 Å². The lowest BCUT2D eigenvalue weighted by Crippen LogP contribution is -2.33. The zero-order valence-corrected chi connectivity index (χ0v) is 23.9. The number of hydrogen-bond acceptors (Lipinski definition) is 7. The summed E-state index contributed by atoms with van der Waals surface area (Å²) in [5.74, 6) is 0.0102. The van der Waals surface area contributed by atoms with Crippen LogP contribution < -0.4 is 16.6 Å². The van der Waals surface area contributed by atoms with Crippen LogP contribution in [0.3, 0.4) is 0 Å². The fraction of sp³-hybridized carbons (Fsp3) is 0.226. The molecule has 0 saturated heterocycles. The van der Waals surface area contributed by atoms with Gasteiger partial charge in [0.1, 0.15) is 11.4 Å². The monoisotopic (exact) mass is 561 g/mol. The Labute approximate surface area is 241 Å². The topological polar surface area (TPSA) is 138 Å². The van der Waals surface area contributed by atoms with Crippen molar-refractivity contribution in [3.8, 4) is 5.69 Å². The Morgan fingerprint density at radius 3 is 2.52 bits per heavy atom. The number of para-hydroxylation sites is 1. The first-order valence-electron chi connectivity index (χ1n) is 13.7. The van der Waals surface area contributed by atoms with Crippen molar-refractivity contribution in [3.05, 3.63) is 111 Å². The van der Waals surface area contributed by atoms with Gasteiger partial charge in [-0.2, -0.15) is 5.10 Å². The van der Waals surface area contributed by atoms with Crippen molar-refractivity contribution >= 4 is 28.3 Å². The molecule has 1 amide bonds. The van der Waals surface area contributed by atoms with Crippen molar-refractivity contribution in [2.24, 2.45) is 7.05 Å². The largest absolute Gasteiger partial charge is 0.381 e. The average Bonchev–Trinajstić information content (AvgIpc) is 3.50. The average molecular weight is 562 g/mol. The van der Waals surface area contributed by atoms with Gasteiger partial charge in [0.2, 0.25) is 0 Å². The van der Waals surface area contributed by atoms with Gasteiger partial charge in [0, 0.05) is 24.6 Å². The highest BCUT2D eigenvalue weighted by Crippen LogP contribution is 2.23. The molecule has 0 aliphatic rings. The summed E-state index contributed by atoms with van der Waals surface area (Å²) >= 11 is 0. The second kappa shape index (κ2) is 10.6. The fourth-order valence-electron chi connectivity index (χ4n) is 5.33. The summed E-state index contributed by atoms with van der Waals surface area (Å²) < 4.78 is 4.97. The smallest absolute Gasteiger partial charge is 0.266 e. The molecular weight excluding hydrogens is 530 g/mol. The van der Waals surface area contributed by atoms with Gasteiger partial charge in [-0.05, 0) is 69.0 Å². The van der Waals surface area contributed by atoms with E-state index in [4.69, 9.17) is 10.7 Å². The van der Waals surface area contributed by atoms with Gasteiger partial charge in [0.25, 0.3) is 11.5 Å². The van der Waals surface area contributed by atoms with Gasteiger partial charge in [-0.3, -0.25) is 18.8 Å². The van der Waals surface area contributed by atoms with Gasteiger partial charge >= 0.3 is 0 Å². The maximum absolute atomic E-state index is 14.3. The third-order valence-electron chi connectivity index (χ3n) is 7.72. The minimum Gasteiger partial charge on any atom is -0.381 e. The Kier molecular flexibility index (Phi) is 6.77. The molecule has 0 aliphatic carbocycles. The Hall–Kier alpha value is -5.32. The number of benzene rings is 2. The number of rotatable bonds is 7. The first kappa shape index (κ1) is 26.9. The first-order chi connectivity index (χ1) is 20.2. The molecule has 4 heterocycles. The SMILES string of the molecule is Cc1c(CCc2cccc3nc(C(C)NC(=O)c4c(N)nn5c(C)ccnc45)n(-c4ccccc4)c(=O)c23)cnn1C. The molecule has 212 valence electrons. The molecule has 1 atom stereocenters. The highest BCUT2D eigenvalue weighted by Gasteiger charge is 2.25. The Balaban J connectivity index is 1.43. The molecule has 6 aromatic rings. The Morgan fingerprint density at radius 2 is 1.79 bits per heavy atom. The fourth-order valence-corrected chi connectivity index (χ4v) is 5.33. The number of fused-ring (bicyclic) bond motifs is 2. The van der Waals surface area contributed by atoms with Crippen LogP contribution in [0.25, 0.3) is 22.2 Å². The second-order valence-corrected chi connectivity index (χ2v) is 10.4. The summed E-state index contributed by atoms with van der Waals surface area (Å²) in [6.07, 6.45) is 4.88. The molecule has 42 heavy (non-hydrogen) atoms. The van der Waals surface area contributed by atoms with E-state index in [0.717, 1.165) is 28.9 Å². The van der Waals surface area contributed by atoms with Gasteiger partial charge in [0.05, 0.1) is 28.8 Å². The molecule has 4 aromatic heterocycles. The quantitative estimate of drug-likeness (QED) is 0.304. The molecule has 0 fully saturated rings. The maximum Gasteiger partial charge on any atom is 0.266 e. The zero-order valence-electron chi connectivity index (χ0n) is 23.9. The molecule has 0 spiro atoms. The number of nitrogens with one attached hydrogen (secondary N) is 1. The van der Waals surface area contributed by atoms with Gasteiger partial charge in [-0.15, -0.1) is 5.10 Å². The zero-order chi connectivity index (χ0) is 29.5. The molecule has 0 bridgehead atoms. The predicted octanol–water partition coefficient (Wildman–Crippen LogP) is 3.64. The van der Waals surface area contributed by atoms with Crippen LogP contribution in [0.2, 0.25) is 0 Å². The van der Waals surface area contributed by atoms with Crippen LogP contribution >= 0.6 is 0 Å². The lowest BCUT2D eigenvalue weighted by molar-refractivity contribution is 0.0940. The van der Waals surface area contributed by atoms with Crippen LogP contribution in [-0.4, -0.2) is 39.8 Å². The summed E-state index contributed by atoms with van der Waals surface area (Å²) in [5, 5.41) is 12.2. The second-order valence-electron chi connectivity index (χ2n) is 10.4. The number of anilines is 1. The van der Waals surface area contributed by atoms with Crippen molar-refractivity contribution in [1.29, 1.82) is 0 Å². The van der Waals surface area contributed by atoms with E-state index in [1.807, 2.05) is 80.3 Å². The molecule has 0 saturated carbocycles. The van der Waals surface area contributed by atoms with Gasteiger partial charge < -0.3 is 11.1 Å². The normalized spacial score (nSPS) is 12.2. The van der Waals surface area contributed by atoms with E-state index >= 15 is 0 Å². The molecule has 2 aromatic carbocycles. The molecule has 0 radical (unpaired) electrons. The number of aryl methyl sites for hydroxylation is 4. The van der Waals surface area contributed by atoms with Crippen LogP contribution in [0.1, 0.15) is 51.7 Å². The van der Waals surface area contributed by atoms with E-state index in [9.17, 15) is 9.59 Å². The van der Waals surface area contributed by atoms with E-state index in [0.29, 0.717) is 34.5 Å². The molecule has 6 rings (SSSR count). The van der Waals surface area contributed by atoms with Gasteiger partial charge in [-0.25, -0.2) is 14.5 Å². The lowest BCUT2D eigenvalue weighted by Gasteiger charge is -2.20. The standard InChI is InChI=1S/C31H31N9O2/c1-18-15-16-33-29-26(27(32)37-40(18)29)30(41)35-19(2)28-36-24-12-8-9-21(13-14-22-17-34-38(4)20(22)3)25(24)31(42)39(28)23-10-6-5-7-11-23/h5-12,15-17,19H,13-14H2,1-4H3,(H2,32,37)(H,35,41). The van der Waals surface area contributed by atoms with Crippen molar-refractivity contribution in [2.75, 3.05) is 5.73 Å². The molecule has 11 nitrogen and oxygen atoms in total. The Bertz CT molecular complexity index is 2020. The Morgan fingerprint density at radius 1 is 1.02 bits per heavy atom. The number of carbonyl (C=O) groups is 1. The van der Waals surface area contributed by atoms with E-state index < -0.39 is 11.9 Å².